The van der Waals surface area contributed by atoms with Crippen LogP contribution in [0.5, 0.6) is 0 Å². The van der Waals surface area contributed by atoms with Crippen molar-refractivity contribution in [2.75, 3.05) is 13.2 Å². The van der Waals surface area contributed by atoms with E-state index in [1.54, 1.807) is 0 Å². The molecule has 0 saturated heterocycles. The number of carbonyl (C=O) groups is 3. The lowest BCUT2D eigenvalue weighted by Gasteiger charge is -2.18. The van der Waals surface area contributed by atoms with Gasteiger partial charge in [0.15, 0.2) is 6.10 Å². The summed E-state index contributed by atoms with van der Waals surface area (Å²) in [6.45, 7) is 6.37. The second kappa shape index (κ2) is 49.0. The molecule has 346 valence electrons. The van der Waals surface area contributed by atoms with Gasteiger partial charge in [-0.1, -0.05) is 182 Å². The molecule has 0 fully saturated rings. The largest absolute Gasteiger partial charge is 0.462 e. The first-order valence-electron chi connectivity index (χ1n) is 24.7. The summed E-state index contributed by atoms with van der Waals surface area (Å²) in [4.78, 5) is 37.9. The van der Waals surface area contributed by atoms with E-state index >= 15 is 0 Å². The maximum atomic E-state index is 12.8. The minimum atomic E-state index is -0.810. The lowest BCUT2D eigenvalue weighted by atomic mass is 10.1. The molecule has 0 heterocycles. The van der Waals surface area contributed by atoms with Crippen LogP contribution in [0.2, 0.25) is 0 Å². The molecule has 0 aliphatic carbocycles. The molecule has 0 bridgehead atoms. The van der Waals surface area contributed by atoms with Gasteiger partial charge in [0.05, 0.1) is 0 Å². The third kappa shape index (κ3) is 47.2. The molecule has 0 aromatic rings. The zero-order valence-corrected chi connectivity index (χ0v) is 39.4. The zero-order chi connectivity index (χ0) is 44.4. The molecular weight excluding hydrogens is 757 g/mol. The van der Waals surface area contributed by atoms with Crippen LogP contribution in [0, 0.1) is 0 Å². The van der Waals surface area contributed by atoms with Crippen molar-refractivity contribution in [2.24, 2.45) is 0 Å². The number of unbranched alkanes of at least 4 members (excludes halogenated alkanes) is 16. The highest BCUT2D eigenvalue weighted by atomic mass is 16.6. The first kappa shape index (κ1) is 57.3. The number of hydrogen-bond acceptors (Lipinski definition) is 6. The van der Waals surface area contributed by atoms with Gasteiger partial charge in [0.2, 0.25) is 0 Å². The van der Waals surface area contributed by atoms with E-state index in [4.69, 9.17) is 14.2 Å². The zero-order valence-electron chi connectivity index (χ0n) is 39.4. The molecule has 6 nitrogen and oxygen atoms in total. The Bertz CT molecular complexity index is 1250. The average molecular weight is 847 g/mol. The van der Waals surface area contributed by atoms with Gasteiger partial charge in [0, 0.05) is 19.3 Å². The molecule has 6 heteroatoms. The Morgan fingerprint density at radius 1 is 0.344 bits per heavy atom. The fourth-order valence-corrected chi connectivity index (χ4v) is 6.31. The summed E-state index contributed by atoms with van der Waals surface area (Å²) in [5.41, 5.74) is 0. The van der Waals surface area contributed by atoms with Gasteiger partial charge in [-0.3, -0.25) is 14.4 Å². The molecule has 0 aliphatic rings. The summed E-state index contributed by atoms with van der Waals surface area (Å²) in [5, 5.41) is 0. The van der Waals surface area contributed by atoms with Gasteiger partial charge in [-0.05, 0) is 109 Å². The van der Waals surface area contributed by atoms with Crippen molar-refractivity contribution in [1.29, 1.82) is 0 Å². The molecular formula is C55H90O6. The summed E-state index contributed by atoms with van der Waals surface area (Å²) in [7, 11) is 0. The molecule has 0 aromatic carbocycles. The molecule has 61 heavy (non-hydrogen) atoms. The summed E-state index contributed by atoms with van der Waals surface area (Å²) < 4.78 is 16.7. The summed E-state index contributed by atoms with van der Waals surface area (Å²) in [6, 6.07) is 0. The highest BCUT2D eigenvalue weighted by Crippen LogP contribution is 2.12. The minimum absolute atomic E-state index is 0.107. The van der Waals surface area contributed by atoms with E-state index in [1.807, 2.05) is 0 Å². The van der Waals surface area contributed by atoms with Gasteiger partial charge >= 0.3 is 17.9 Å². The number of esters is 3. The predicted molar refractivity (Wildman–Crippen MR) is 260 cm³/mol. The van der Waals surface area contributed by atoms with E-state index in [-0.39, 0.29) is 37.5 Å². The first-order chi connectivity index (χ1) is 30.0. The fraction of sp³-hybridized carbons (Fsp3) is 0.655. The molecule has 1 atom stereocenters. The Hall–Kier alpha value is -3.67. The first-order valence-corrected chi connectivity index (χ1v) is 24.7. The van der Waals surface area contributed by atoms with Gasteiger partial charge in [-0.2, -0.15) is 0 Å². The van der Waals surface area contributed by atoms with E-state index < -0.39 is 6.10 Å². The van der Waals surface area contributed by atoms with Crippen LogP contribution in [0.4, 0.5) is 0 Å². The second-order valence-electron chi connectivity index (χ2n) is 16.0. The van der Waals surface area contributed by atoms with Crippen molar-refractivity contribution in [2.45, 2.75) is 219 Å². The summed E-state index contributed by atoms with van der Waals surface area (Å²) in [6.07, 6.45) is 63.9. The number of carbonyl (C=O) groups excluding carboxylic acids is 3. The molecule has 0 amide bonds. The molecule has 0 unspecified atom stereocenters. The normalized spacial score (nSPS) is 12.9. The molecule has 0 aromatic heterocycles. The minimum Gasteiger partial charge on any atom is -0.462 e. The van der Waals surface area contributed by atoms with Gasteiger partial charge in [-0.25, -0.2) is 0 Å². The van der Waals surface area contributed by atoms with Crippen molar-refractivity contribution >= 4 is 17.9 Å². The fourth-order valence-electron chi connectivity index (χ4n) is 6.31. The third-order valence-corrected chi connectivity index (χ3v) is 10.0. The Kier molecular flexibility index (Phi) is 46.0. The van der Waals surface area contributed by atoms with Crippen LogP contribution in [0.1, 0.15) is 213 Å². The molecule has 0 spiro atoms. The highest BCUT2D eigenvalue weighted by Gasteiger charge is 2.19. The number of rotatable bonds is 43. The molecule has 0 N–H and O–H groups in total. The maximum Gasteiger partial charge on any atom is 0.306 e. The van der Waals surface area contributed by atoms with Crippen molar-refractivity contribution in [3.8, 4) is 0 Å². The van der Waals surface area contributed by atoms with Gasteiger partial charge in [-0.15, -0.1) is 0 Å². The second-order valence-corrected chi connectivity index (χ2v) is 16.0. The predicted octanol–water partition coefficient (Wildman–Crippen LogP) is 16.2. The summed E-state index contributed by atoms with van der Waals surface area (Å²) in [5.74, 6) is -0.997. The van der Waals surface area contributed by atoms with Crippen molar-refractivity contribution in [3.05, 3.63) is 97.2 Å². The topological polar surface area (TPSA) is 78.9 Å². The lowest BCUT2D eigenvalue weighted by molar-refractivity contribution is -0.167. The molecule has 0 aliphatic heterocycles. The maximum absolute atomic E-state index is 12.8. The smallest absolute Gasteiger partial charge is 0.306 e. The standard InChI is InChI=1S/C55H90O6/c1-4-7-10-13-16-19-22-24-26-27-29-30-33-36-39-42-45-48-54(57)60-51-52(50-59-53(56)47-44-41-38-35-32-21-18-15-12-9-6-3)61-55(58)49-46-43-40-37-34-31-28-25-23-20-17-14-11-8-5-2/h7,10,15-20,24-26,28-30,36,39,52H,4-6,8-9,11-14,21-23,27,31-35,37-38,40-51H2,1-3H3/b10-7-,18-15-,19-16-,20-17-,26-24-,28-25-,30-29-,39-36-/t52-/m0/s1. The Balaban J connectivity index is 4.52. The van der Waals surface area contributed by atoms with Crippen LogP contribution >= 0.6 is 0 Å². The third-order valence-electron chi connectivity index (χ3n) is 10.0. The van der Waals surface area contributed by atoms with Gasteiger partial charge < -0.3 is 14.2 Å². The van der Waals surface area contributed by atoms with Crippen LogP contribution in [-0.2, 0) is 28.6 Å². The van der Waals surface area contributed by atoms with E-state index in [9.17, 15) is 14.4 Å². The SMILES string of the molecule is CC/C=C\C/C=C\C/C=C\C/C=C\C/C=C\CCCC(=O)OC[C@H](COC(=O)CCCCCCC/C=C\CCCC)OC(=O)CCCCCCC/C=C\C/C=C\CCCCC. The van der Waals surface area contributed by atoms with Crippen LogP contribution in [0.3, 0.4) is 0 Å². The van der Waals surface area contributed by atoms with Gasteiger partial charge in [0.1, 0.15) is 13.2 Å². The summed E-state index contributed by atoms with van der Waals surface area (Å²) >= 11 is 0. The van der Waals surface area contributed by atoms with E-state index in [0.29, 0.717) is 19.3 Å². The van der Waals surface area contributed by atoms with Crippen LogP contribution in [0.25, 0.3) is 0 Å². The van der Waals surface area contributed by atoms with E-state index in [1.165, 1.54) is 51.4 Å². The van der Waals surface area contributed by atoms with Crippen molar-refractivity contribution in [1.82, 2.24) is 0 Å². The van der Waals surface area contributed by atoms with E-state index in [2.05, 4.69) is 118 Å². The van der Waals surface area contributed by atoms with Crippen LogP contribution < -0.4 is 0 Å². The number of allylic oxidation sites excluding steroid dienone is 16. The average Bonchev–Trinajstić information content (AvgIpc) is 3.26. The van der Waals surface area contributed by atoms with Crippen LogP contribution in [-0.4, -0.2) is 37.2 Å². The molecule has 0 rings (SSSR count). The Morgan fingerprint density at radius 3 is 1.13 bits per heavy atom. The Labute approximate surface area is 375 Å². The van der Waals surface area contributed by atoms with Crippen molar-refractivity contribution in [3.63, 3.8) is 0 Å². The monoisotopic (exact) mass is 847 g/mol. The van der Waals surface area contributed by atoms with E-state index in [0.717, 1.165) is 116 Å². The van der Waals surface area contributed by atoms with Crippen LogP contribution in [0.15, 0.2) is 97.2 Å². The van der Waals surface area contributed by atoms with Gasteiger partial charge in [0.25, 0.3) is 0 Å². The molecule has 0 saturated carbocycles. The highest BCUT2D eigenvalue weighted by molar-refractivity contribution is 5.71. The number of hydrogen-bond donors (Lipinski definition) is 0. The van der Waals surface area contributed by atoms with Crippen molar-refractivity contribution < 1.29 is 28.6 Å². The number of ether oxygens (including phenoxy) is 3. The quantitative estimate of drug-likeness (QED) is 0.0263. The molecule has 0 radical (unpaired) electrons. The Morgan fingerprint density at radius 2 is 0.672 bits per heavy atom. The lowest BCUT2D eigenvalue weighted by Crippen LogP contribution is -2.30.